The van der Waals surface area contributed by atoms with Crippen LogP contribution in [-0.4, -0.2) is 13.0 Å². The summed E-state index contributed by atoms with van der Waals surface area (Å²) in [4.78, 5) is -0.0475. The van der Waals surface area contributed by atoms with E-state index in [0.717, 1.165) is 17.2 Å². The minimum atomic E-state index is -4.14. The maximum absolute atomic E-state index is 11.2. The molecule has 0 saturated carbocycles. The van der Waals surface area contributed by atoms with Crippen LogP contribution in [0.1, 0.15) is 89.5 Å². The maximum Gasteiger partial charge on any atom is 0.294 e. The van der Waals surface area contributed by atoms with Crippen molar-refractivity contribution in [3.05, 3.63) is 42.0 Å². The van der Waals surface area contributed by atoms with Gasteiger partial charge in [-0.05, 0) is 41.3 Å². The Morgan fingerprint density at radius 1 is 0.679 bits per heavy atom. The summed E-state index contributed by atoms with van der Waals surface area (Å²) in [5, 5.41) is 1.86. The van der Waals surface area contributed by atoms with Gasteiger partial charge in [0.15, 0.2) is 0 Å². The molecule has 0 aliphatic heterocycles. The third kappa shape index (κ3) is 8.32. The number of rotatable bonds is 14. The van der Waals surface area contributed by atoms with Gasteiger partial charge >= 0.3 is 0 Å². The van der Waals surface area contributed by atoms with E-state index in [1.807, 2.05) is 6.07 Å². The van der Waals surface area contributed by atoms with E-state index in [-0.39, 0.29) is 4.90 Å². The Morgan fingerprint density at radius 3 is 1.75 bits per heavy atom. The van der Waals surface area contributed by atoms with Gasteiger partial charge in [-0.3, -0.25) is 4.55 Å². The predicted octanol–water partition coefficient (Wildman–Crippen LogP) is 7.33. The Labute approximate surface area is 171 Å². The van der Waals surface area contributed by atoms with Crippen LogP contribution < -0.4 is 0 Å². The van der Waals surface area contributed by atoms with Crippen molar-refractivity contribution in [2.45, 2.75) is 95.3 Å². The highest BCUT2D eigenvalue weighted by molar-refractivity contribution is 7.85. The van der Waals surface area contributed by atoms with Gasteiger partial charge in [0.25, 0.3) is 10.1 Å². The molecule has 0 heterocycles. The molecule has 0 unspecified atom stereocenters. The Bertz CT molecular complexity index is 812. The van der Waals surface area contributed by atoms with Gasteiger partial charge in [-0.2, -0.15) is 8.42 Å². The average molecular weight is 405 g/mol. The van der Waals surface area contributed by atoms with Gasteiger partial charge in [0.05, 0.1) is 4.90 Å². The highest BCUT2D eigenvalue weighted by Crippen LogP contribution is 2.22. The lowest BCUT2D eigenvalue weighted by molar-refractivity contribution is 0.483. The molecular weight excluding hydrogens is 368 g/mol. The summed E-state index contributed by atoms with van der Waals surface area (Å²) in [6.07, 6.45) is 17.3. The SMILES string of the molecule is CCCCCCCCCCCCCCc1ccc2cc(S(=O)(=O)O)ccc2c1. The molecule has 0 fully saturated rings. The lowest BCUT2D eigenvalue weighted by Gasteiger charge is -2.06. The quantitative estimate of drug-likeness (QED) is 0.265. The zero-order valence-corrected chi connectivity index (χ0v) is 18.1. The van der Waals surface area contributed by atoms with Crippen LogP contribution in [0.5, 0.6) is 0 Å². The minimum Gasteiger partial charge on any atom is -0.282 e. The fourth-order valence-electron chi connectivity index (χ4n) is 3.76. The molecule has 0 bridgehead atoms. The van der Waals surface area contributed by atoms with Crippen LogP contribution >= 0.6 is 0 Å². The summed E-state index contributed by atoms with van der Waals surface area (Å²) in [6, 6.07) is 10.9. The zero-order valence-electron chi connectivity index (χ0n) is 17.3. The molecule has 1 N–H and O–H groups in total. The van der Waals surface area contributed by atoms with Crippen LogP contribution in [0.2, 0.25) is 0 Å². The highest BCUT2D eigenvalue weighted by Gasteiger charge is 2.09. The Morgan fingerprint density at radius 2 is 1.18 bits per heavy atom. The first-order valence-corrected chi connectivity index (χ1v) is 12.4. The summed E-state index contributed by atoms with van der Waals surface area (Å²) in [5.74, 6) is 0. The molecule has 28 heavy (non-hydrogen) atoms. The van der Waals surface area contributed by atoms with Crippen LogP contribution in [0.25, 0.3) is 10.8 Å². The van der Waals surface area contributed by atoms with Gasteiger partial charge < -0.3 is 0 Å². The second kappa shape index (κ2) is 12.2. The van der Waals surface area contributed by atoms with E-state index in [9.17, 15) is 8.42 Å². The highest BCUT2D eigenvalue weighted by atomic mass is 32.2. The Kier molecular flexibility index (Phi) is 10.0. The molecule has 2 aromatic rings. The Hall–Kier alpha value is -1.39. The molecule has 0 radical (unpaired) electrons. The predicted molar refractivity (Wildman–Crippen MR) is 119 cm³/mol. The van der Waals surface area contributed by atoms with Crippen molar-refractivity contribution < 1.29 is 13.0 Å². The lowest BCUT2D eigenvalue weighted by atomic mass is 10.0. The topological polar surface area (TPSA) is 54.4 Å². The molecule has 0 spiro atoms. The fraction of sp³-hybridized carbons (Fsp3) is 0.583. The first-order chi connectivity index (χ1) is 13.5. The third-order valence-corrected chi connectivity index (χ3v) is 6.34. The first-order valence-electron chi connectivity index (χ1n) is 11.0. The molecule has 2 aromatic carbocycles. The third-order valence-electron chi connectivity index (χ3n) is 5.49. The van der Waals surface area contributed by atoms with Crippen LogP contribution in [0.4, 0.5) is 0 Å². The zero-order chi connectivity index (χ0) is 20.2. The number of hydrogen-bond acceptors (Lipinski definition) is 2. The monoisotopic (exact) mass is 404 g/mol. The normalized spacial score (nSPS) is 11.9. The van der Waals surface area contributed by atoms with Crippen molar-refractivity contribution in [1.82, 2.24) is 0 Å². The van der Waals surface area contributed by atoms with Crippen molar-refractivity contribution in [2.24, 2.45) is 0 Å². The number of aryl methyl sites for hydroxylation is 1. The summed E-state index contributed by atoms with van der Waals surface area (Å²) in [6.45, 7) is 2.27. The van der Waals surface area contributed by atoms with Crippen LogP contribution in [0, 0.1) is 0 Å². The van der Waals surface area contributed by atoms with Gasteiger partial charge in [-0.1, -0.05) is 102 Å². The van der Waals surface area contributed by atoms with E-state index in [1.54, 1.807) is 6.07 Å². The van der Waals surface area contributed by atoms with Crippen LogP contribution in [0.15, 0.2) is 41.3 Å². The molecule has 0 aromatic heterocycles. The van der Waals surface area contributed by atoms with Crippen molar-refractivity contribution in [3.8, 4) is 0 Å². The smallest absolute Gasteiger partial charge is 0.282 e. The maximum atomic E-state index is 11.2. The van der Waals surface area contributed by atoms with Gasteiger partial charge in [0.2, 0.25) is 0 Å². The van der Waals surface area contributed by atoms with Gasteiger partial charge in [-0.15, -0.1) is 0 Å². The molecule has 0 saturated heterocycles. The standard InChI is InChI=1S/C24H36O3S/c1-2-3-4-5-6-7-8-9-10-11-12-13-14-21-15-16-23-20-24(28(25,26)27)18-17-22(23)19-21/h15-20H,2-14H2,1H3,(H,25,26,27). The fourth-order valence-corrected chi connectivity index (χ4v) is 4.28. The van der Waals surface area contributed by atoms with E-state index < -0.39 is 10.1 Å². The number of benzene rings is 2. The molecule has 2 rings (SSSR count). The number of fused-ring (bicyclic) bond motifs is 1. The average Bonchev–Trinajstić information content (AvgIpc) is 2.67. The van der Waals surface area contributed by atoms with Crippen LogP contribution in [-0.2, 0) is 16.5 Å². The molecule has 0 aliphatic rings. The van der Waals surface area contributed by atoms with Crippen molar-refractivity contribution >= 4 is 20.9 Å². The molecule has 3 nitrogen and oxygen atoms in total. The summed E-state index contributed by atoms with van der Waals surface area (Å²) in [7, 11) is -4.14. The van der Waals surface area contributed by atoms with E-state index in [0.29, 0.717) is 0 Å². The van der Waals surface area contributed by atoms with E-state index in [1.165, 1.54) is 94.7 Å². The molecular formula is C24H36O3S. The molecule has 0 amide bonds. The van der Waals surface area contributed by atoms with Crippen molar-refractivity contribution in [3.63, 3.8) is 0 Å². The molecule has 0 atom stereocenters. The summed E-state index contributed by atoms with van der Waals surface area (Å²) >= 11 is 0. The second-order valence-electron chi connectivity index (χ2n) is 7.96. The largest absolute Gasteiger partial charge is 0.294 e. The Balaban J connectivity index is 1.61. The van der Waals surface area contributed by atoms with Gasteiger partial charge in [0.1, 0.15) is 0 Å². The van der Waals surface area contributed by atoms with Crippen molar-refractivity contribution in [1.29, 1.82) is 0 Å². The molecule has 0 aliphatic carbocycles. The first kappa shape index (κ1) is 22.9. The number of hydrogen-bond donors (Lipinski definition) is 1. The van der Waals surface area contributed by atoms with Crippen LogP contribution in [0.3, 0.4) is 0 Å². The second-order valence-corrected chi connectivity index (χ2v) is 9.38. The van der Waals surface area contributed by atoms with E-state index in [4.69, 9.17) is 4.55 Å². The number of unbranched alkanes of at least 4 members (excludes halogenated alkanes) is 11. The van der Waals surface area contributed by atoms with E-state index in [2.05, 4.69) is 19.1 Å². The summed E-state index contributed by atoms with van der Waals surface area (Å²) in [5.41, 5.74) is 1.29. The minimum absolute atomic E-state index is 0.0475. The molecule has 156 valence electrons. The molecule has 4 heteroatoms. The van der Waals surface area contributed by atoms with Gasteiger partial charge in [0, 0.05) is 0 Å². The lowest BCUT2D eigenvalue weighted by Crippen LogP contribution is -1.97. The van der Waals surface area contributed by atoms with E-state index >= 15 is 0 Å². The van der Waals surface area contributed by atoms with Crippen molar-refractivity contribution in [2.75, 3.05) is 0 Å². The summed E-state index contributed by atoms with van der Waals surface area (Å²) < 4.78 is 31.6. The van der Waals surface area contributed by atoms with Gasteiger partial charge in [-0.25, -0.2) is 0 Å².